The van der Waals surface area contributed by atoms with Gasteiger partial charge in [-0.15, -0.1) is 10.2 Å². The van der Waals surface area contributed by atoms with Crippen molar-refractivity contribution in [3.8, 4) is 22.9 Å². The summed E-state index contributed by atoms with van der Waals surface area (Å²) in [6.07, 6.45) is 1.80. The molecule has 1 N–H and O–H groups in total. The van der Waals surface area contributed by atoms with Crippen molar-refractivity contribution >= 4 is 27.5 Å². The highest BCUT2D eigenvalue weighted by atomic mass is 79.9. The van der Waals surface area contributed by atoms with E-state index in [-0.39, 0.29) is 5.91 Å². The Morgan fingerprint density at radius 1 is 1.07 bits per heavy atom. The Hall–Kier alpha value is -3.39. The fraction of sp³-hybridized carbons (Fsp3) is 0.136. The van der Waals surface area contributed by atoms with Crippen LogP contribution in [0.3, 0.4) is 0 Å². The number of rotatable bonds is 6. The molecule has 4 rings (SSSR count). The minimum atomic E-state index is -0.208. The molecule has 8 heteroatoms. The Morgan fingerprint density at radius 2 is 1.90 bits per heavy atom. The average molecular weight is 467 g/mol. The molecule has 30 heavy (non-hydrogen) atoms. The van der Waals surface area contributed by atoms with Crippen LogP contribution in [0.25, 0.3) is 17.0 Å². The summed E-state index contributed by atoms with van der Waals surface area (Å²) in [6.45, 7) is 0.325. The molecule has 0 bridgehead atoms. The number of carbonyl (C=O) groups is 1. The second kappa shape index (κ2) is 8.54. The number of methoxy groups -OCH3 is 2. The summed E-state index contributed by atoms with van der Waals surface area (Å²) >= 11 is 3.54. The van der Waals surface area contributed by atoms with E-state index in [0.717, 1.165) is 15.6 Å². The van der Waals surface area contributed by atoms with Gasteiger partial charge in [0, 0.05) is 40.0 Å². The molecule has 0 spiro atoms. The maximum Gasteiger partial charge on any atom is 0.251 e. The molecule has 0 fully saturated rings. The molecule has 2 aromatic carbocycles. The van der Waals surface area contributed by atoms with Crippen LogP contribution in [0, 0.1) is 0 Å². The minimum Gasteiger partial charge on any atom is -0.497 e. The van der Waals surface area contributed by atoms with Crippen LogP contribution >= 0.6 is 15.9 Å². The maximum atomic E-state index is 12.7. The van der Waals surface area contributed by atoms with E-state index < -0.39 is 0 Å². The molecule has 0 unspecified atom stereocenters. The van der Waals surface area contributed by atoms with Gasteiger partial charge in [-0.3, -0.25) is 9.20 Å². The van der Waals surface area contributed by atoms with Crippen molar-refractivity contribution in [1.29, 1.82) is 0 Å². The second-order valence-corrected chi connectivity index (χ2v) is 7.36. The van der Waals surface area contributed by atoms with Gasteiger partial charge in [0.25, 0.3) is 5.91 Å². The standard InChI is InChI=1S/C22H19BrN4O3/c1-29-16-8-7-15(19(12-16)30-2)13-24-22(28)14-9-10-27-20(11-14)25-26-21(27)17-5-3-4-6-18(17)23/h3-12H,13H2,1-2H3,(H,24,28). The summed E-state index contributed by atoms with van der Waals surface area (Å²) in [5, 5.41) is 11.4. The summed E-state index contributed by atoms with van der Waals surface area (Å²) < 4.78 is 13.4. The summed E-state index contributed by atoms with van der Waals surface area (Å²) in [5.74, 6) is 1.84. The number of benzene rings is 2. The molecule has 0 aliphatic carbocycles. The molecule has 1 amide bonds. The Labute approximate surface area is 181 Å². The molecule has 7 nitrogen and oxygen atoms in total. The highest BCUT2D eigenvalue weighted by Gasteiger charge is 2.14. The molecule has 2 heterocycles. The lowest BCUT2D eigenvalue weighted by Gasteiger charge is -2.11. The van der Waals surface area contributed by atoms with Gasteiger partial charge >= 0.3 is 0 Å². The number of pyridine rings is 1. The van der Waals surface area contributed by atoms with E-state index in [2.05, 4.69) is 31.4 Å². The fourth-order valence-corrected chi connectivity index (χ4v) is 3.60. The fourth-order valence-electron chi connectivity index (χ4n) is 3.13. The first-order valence-electron chi connectivity index (χ1n) is 9.19. The van der Waals surface area contributed by atoms with E-state index >= 15 is 0 Å². The first-order chi connectivity index (χ1) is 14.6. The number of carbonyl (C=O) groups excluding carboxylic acids is 1. The lowest BCUT2D eigenvalue weighted by Crippen LogP contribution is -2.23. The number of halogens is 1. The van der Waals surface area contributed by atoms with Gasteiger partial charge in [-0.05, 0) is 30.3 Å². The Balaban J connectivity index is 1.54. The number of aromatic nitrogens is 3. The predicted octanol–water partition coefficient (Wildman–Crippen LogP) is 4.11. The quantitative estimate of drug-likeness (QED) is 0.462. The van der Waals surface area contributed by atoms with Gasteiger partial charge in [-0.25, -0.2) is 0 Å². The lowest BCUT2D eigenvalue weighted by molar-refractivity contribution is 0.0950. The van der Waals surface area contributed by atoms with E-state index in [0.29, 0.717) is 35.1 Å². The molecular weight excluding hydrogens is 448 g/mol. The van der Waals surface area contributed by atoms with E-state index in [4.69, 9.17) is 9.47 Å². The van der Waals surface area contributed by atoms with Gasteiger partial charge in [0.15, 0.2) is 11.5 Å². The molecule has 0 saturated heterocycles. The van der Waals surface area contributed by atoms with Crippen LogP contribution in [0.4, 0.5) is 0 Å². The third-order valence-corrected chi connectivity index (χ3v) is 5.41. The van der Waals surface area contributed by atoms with Crippen LogP contribution in [-0.2, 0) is 6.54 Å². The zero-order valence-corrected chi connectivity index (χ0v) is 18.0. The average Bonchev–Trinajstić information content (AvgIpc) is 3.20. The molecule has 0 saturated carbocycles. The zero-order chi connectivity index (χ0) is 21.1. The molecule has 0 aliphatic rings. The Bertz CT molecular complexity index is 1220. The number of ether oxygens (including phenoxy) is 2. The van der Waals surface area contributed by atoms with E-state index in [9.17, 15) is 4.79 Å². The van der Waals surface area contributed by atoms with Gasteiger partial charge in [-0.2, -0.15) is 0 Å². The Morgan fingerprint density at radius 3 is 2.67 bits per heavy atom. The number of nitrogens with zero attached hydrogens (tertiary/aromatic N) is 3. The van der Waals surface area contributed by atoms with Crippen LogP contribution in [0.1, 0.15) is 15.9 Å². The van der Waals surface area contributed by atoms with Gasteiger partial charge in [0.2, 0.25) is 0 Å². The third kappa shape index (κ3) is 3.86. The number of hydrogen-bond donors (Lipinski definition) is 1. The highest BCUT2D eigenvalue weighted by Crippen LogP contribution is 2.27. The predicted molar refractivity (Wildman–Crippen MR) is 117 cm³/mol. The van der Waals surface area contributed by atoms with Crippen LogP contribution < -0.4 is 14.8 Å². The lowest BCUT2D eigenvalue weighted by atomic mass is 10.1. The molecule has 152 valence electrons. The topological polar surface area (TPSA) is 77.8 Å². The molecule has 0 radical (unpaired) electrons. The van der Waals surface area contributed by atoms with Gasteiger partial charge in [0.1, 0.15) is 11.5 Å². The van der Waals surface area contributed by atoms with Crippen molar-refractivity contribution in [2.24, 2.45) is 0 Å². The van der Waals surface area contributed by atoms with Crippen molar-refractivity contribution in [3.05, 3.63) is 76.4 Å². The largest absolute Gasteiger partial charge is 0.497 e. The first kappa shape index (κ1) is 19.9. The SMILES string of the molecule is COc1ccc(CNC(=O)c2ccn3c(-c4ccccc4Br)nnc3c2)c(OC)c1. The van der Waals surface area contributed by atoms with E-state index in [1.165, 1.54) is 0 Å². The summed E-state index contributed by atoms with van der Waals surface area (Å²) in [7, 11) is 3.18. The van der Waals surface area contributed by atoms with Crippen molar-refractivity contribution < 1.29 is 14.3 Å². The summed E-state index contributed by atoms with van der Waals surface area (Å²) in [5.41, 5.74) is 2.87. The first-order valence-corrected chi connectivity index (χ1v) is 9.99. The smallest absolute Gasteiger partial charge is 0.251 e. The number of nitrogens with one attached hydrogen (secondary N) is 1. The number of fused-ring (bicyclic) bond motifs is 1. The third-order valence-electron chi connectivity index (χ3n) is 4.72. The van der Waals surface area contributed by atoms with Gasteiger partial charge < -0.3 is 14.8 Å². The highest BCUT2D eigenvalue weighted by molar-refractivity contribution is 9.10. The molecular formula is C22H19BrN4O3. The molecule has 2 aromatic heterocycles. The van der Waals surface area contributed by atoms with Gasteiger partial charge in [-0.1, -0.05) is 34.1 Å². The van der Waals surface area contributed by atoms with E-state index in [1.54, 1.807) is 38.6 Å². The maximum absolute atomic E-state index is 12.7. The monoisotopic (exact) mass is 466 g/mol. The molecule has 0 atom stereocenters. The summed E-state index contributed by atoms with van der Waals surface area (Å²) in [6, 6.07) is 16.7. The van der Waals surface area contributed by atoms with E-state index in [1.807, 2.05) is 40.8 Å². The minimum absolute atomic E-state index is 0.208. The van der Waals surface area contributed by atoms with Crippen molar-refractivity contribution in [2.75, 3.05) is 14.2 Å². The van der Waals surface area contributed by atoms with Crippen molar-refractivity contribution in [2.45, 2.75) is 6.54 Å². The number of hydrogen-bond acceptors (Lipinski definition) is 5. The van der Waals surface area contributed by atoms with Crippen molar-refractivity contribution in [3.63, 3.8) is 0 Å². The van der Waals surface area contributed by atoms with Crippen LogP contribution in [0.5, 0.6) is 11.5 Å². The number of amides is 1. The normalized spacial score (nSPS) is 10.8. The van der Waals surface area contributed by atoms with Gasteiger partial charge in [0.05, 0.1) is 14.2 Å². The zero-order valence-electron chi connectivity index (χ0n) is 16.4. The van der Waals surface area contributed by atoms with Crippen molar-refractivity contribution in [1.82, 2.24) is 19.9 Å². The molecule has 4 aromatic rings. The molecule has 0 aliphatic heterocycles. The second-order valence-electron chi connectivity index (χ2n) is 6.51. The summed E-state index contributed by atoms with van der Waals surface area (Å²) in [4.78, 5) is 12.7. The Kier molecular flexibility index (Phi) is 5.67. The van der Waals surface area contributed by atoms with Crippen LogP contribution in [0.2, 0.25) is 0 Å². The van der Waals surface area contributed by atoms with Crippen LogP contribution in [0.15, 0.2) is 65.3 Å². The van der Waals surface area contributed by atoms with Crippen LogP contribution in [-0.4, -0.2) is 34.7 Å².